The number of hydrogen-bond acceptors (Lipinski definition) is 11. The van der Waals surface area contributed by atoms with Crippen LogP contribution in [0.15, 0.2) is 18.2 Å². The minimum Gasteiger partial charge on any atom is -0.480 e. The van der Waals surface area contributed by atoms with Crippen molar-refractivity contribution >= 4 is 24.4 Å². The molecule has 202 valence electrons. The highest BCUT2D eigenvalue weighted by molar-refractivity contribution is 5.75. The molecule has 0 amide bonds. The molecule has 0 fully saturated rings. The van der Waals surface area contributed by atoms with E-state index in [1.807, 2.05) is 0 Å². The summed E-state index contributed by atoms with van der Waals surface area (Å²) in [5, 5.41) is 9.63. The zero-order valence-electron chi connectivity index (χ0n) is 21.5. The third-order valence-corrected chi connectivity index (χ3v) is 4.93. The second-order valence-electron chi connectivity index (χ2n) is 8.50. The number of nitrogens with two attached hydrogens (primary N) is 1. The van der Waals surface area contributed by atoms with Crippen molar-refractivity contribution in [1.82, 2.24) is 0 Å². The van der Waals surface area contributed by atoms with Gasteiger partial charge in [0.15, 0.2) is 11.5 Å². The molecule has 0 aromatic heterocycles. The largest absolute Gasteiger partial charge is 0.514 e. The normalized spacial score (nSPS) is 14.3. The Kier molecular flexibility index (Phi) is 12.0. The maximum atomic E-state index is 12.2. The van der Waals surface area contributed by atoms with Crippen LogP contribution < -0.4 is 15.2 Å². The molecule has 0 aliphatic carbocycles. The molecule has 0 heterocycles. The number of carboxylic acids is 1. The van der Waals surface area contributed by atoms with E-state index >= 15 is 0 Å². The summed E-state index contributed by atoms with van der Waals surface area (Å²) in [7, 11) is 0. The Morgan fingerprint density at radius 3 is 1.83 bits per heavy atom. The molecule has 1 rings (SSSR count). The summed E-state index contributed by atoms with van der Waals surface area (Å²) in [6.45, 7) is 11.4. The summed E-state index contributed by atoms with van der Waals surface area (Å²) in [4.78, 5) is 47.8. The molecule has 0 saturated heterocycles. The Bertz CT molecular complexity index is 915. The molecule has 4 atom stereocenters. The molecule has 0 bridgehead atoms. The van der Waals surface area contributed by atoms with Crippen LogP contribution >= 0.6 is 0 Å². The Labute approximate surface area is 209 Å². The van der Waals surface area contributed by atoms with Crippen molar-refractivity contribution in [2.24, 2.45) is 11.7 Å². The summed E-state index contributed by atoms with van der Waals surface area (Å²) in [6.07, 6.45) is -4.78. The maximum Gasteiger partial charge on any atom is 0.514 e. The number of rotatable bonds is 11. The lowest BCUT2D eigenvalue weighted by molar-refractivity contribution is -0.139. The number of hydrogen-bond donors (Lipinski definition) is 2. The van der Waals surface area contributed by atoms with Crippen LogP contribution in [0, 0.1) is 5.92 Å². The molecule has 36 heavy (non-hydrogen) atoms. The fourth-order valence-corrected chi connectivity index (χ4v) is 3.20. The van der Waals surface area contributed by atoms with E-state index in [1.165, 1.54) is 18.2 Å². The third-order valence-electron chi connectivity index (χ3n) is 4.93. The lowest BCUT2D eigenvalue weighted by Gasteiger charge is -2.31. The number of aliphatic carboxylic acids is 1. The van der Waals surface area contributed by atoms with E-state index in [0.717, 1.165) is 0 Å². The van der Waals surface area contributed by atoms with Crippen LogP contribution in [0.1, 0.15) is 59.9 Å². The summed E-state index contributed by atoms with van der Waals surface area (Å²) >= 11 is 0. The van der Waals surface area contributed by atoms with Gasteiger partial charge in [0.2, 0.25) is 0 Å². The van der Waals surface area contributed by atoms with Gasteiger partial charge >= 0.3 is 24.4 Å². The number of ether oxygens (including phenoxy) is 6. The van der Waals surface area contributed by atoms with Crippen LogP contribution in [0.4, 0.5) is 14.4 Å². The van der Waals surface area contributed by atoms with Crippen LogP contribution in [0.2, 0.25) is 0 Å². The van der Waals surface area contributed by atoms with Crippen LogP contribution in [0.3, 0.4) is 0 Å². The lowest BCUT2D eigenvalue weighted by Crippen LogP contribution is -2.42. The van der Waals surface area contributed by atoms with E-state index in [9.17, 15) is 24.3 Å². The molecule has 12 heteroatoms. The average molecular weight is 514 g/mol. The first kappa shape index (κ1) is 30.5. The number of carbonyl (C=O) groups excluding carboxylic acids is 3. The summed E-state index contributed by atoms with van der Waals surface area (Å²) in [6, 6.07) is 2.64. The van der Waals surface area contributed by atoms with Crippen molar-refractivity contribution < 1.29 is 52.7 Å². The average Bonchev–Trinajstić information content (AvgIpc) is 2.74. The molecule has 1 aromatic carbocycles. The zero-order valence-corrected chi connectivity index (χ0v) is 21.5. The highest BCUT2D eigenvalue weighted by atomic mass is 16.8. The Morgan fingerprint density at radius 1 is 0.833 bits per heavy atom. The van der Waals surface area contributed by atoms with E-state index in [1.54, 1.807) is 48.5 Å². The zero-order chi connectivity index (χ0) is 27.6. The number of benzene rings is 1. The van der Waals surface area contributed by atoms with Crippen LogP contribution in [0.25, 0.3) is 0 Å². The van der Waals surface area contributed by atoms with E-state index in [-0.39, 0.29) is 18.1 Å². The molecular weight excluding hydrogens is 478 g/mol. The van der Waals surface area contributed by atoms with Gasteiger partial charge in [0.25, 0.3) is 0 Å². The van der Waals surface area contributed by atoms with Crippen molar-refractivity contribution in [2.45, 2.75) is 78.7 Å². The molecule has 0 aliphatic heterocycles. The predicted molar refractivity (Wildman–Crippen MR) is 126 cm³/mol. The molecule has 0 saturated carbocycles. The summed E-state index contributed by atoms with van der Waals surface area (Å²) < 4.78 is 30.4. The van der Waals surface area contributed by atoms with Gasteiger partial charge in [-0.3, -0.25) is 4.79 Å². The van der Waals surface area contributed by atoms with Gasteiger partial charge in [-0.2, -0.15) is 0 Å². The van der Waals surface area contributed by atoms with E-state index in [4.69, 9.17) is 34.2 Å². The highest BCUT2D eigenvalue weighted by Crippen LogP contribution is 2.37. The van der Waals surface area contributed by atoms with E-state index < -0.39 is 60.6 Å². The van der Waals surface area contributed by atoms with Crippen molar-refractivity contribution in [1.29, 1.82) is 0 Å². The fourth-order valence-electron chi connectivity index (χ4n) is 3.20. The van der Waals surface area contributed by atoms with Gasteiger partial charge < -0.3 is 39.3 Å². The maximum absolute atomic E-state index is 12.2. The Balaban J connectivity index is 3.44. The fraction of sp³-hybridized carbons (Fsp3) is 0.583. The number of carbonyl (C=O) groups is 4. The topological polar surface area (TPSA) is 170 Å². The first-order valence-corrected chi connectivity index (χ1v) is 11.5. The van der Waals surface area contributed by atoms with Crippen molar-refractivity contribution in [3.8, 4) is 11.5 Å². The molecular formula is C24H35NO11. The molecule has 3 N–H and O–H groups in total. The second-order valence-corrected chi connectivity index (χ2v) is 8.50. The van der Waals surface area contributed by atoms with Crippen molar-refractivity contribution in [2.75, 3.05) is 6.61 Å². The smallest absolute Gasteiger partial charge is 0.480 e. The van der Waals surface area contributed by atoms with Crippen LogP contribution in [-0.4, -0.2) is 60.5 Å². The number of carboxylic acid groups (broad SMARTS) is 1. The molecule has 1 aromatic rings. The van der Waals surface area contributed by atoms with Gasteiger partial charge in [0, 0.05) is 11.8 Å². The van der Waals surface area contributed by atoms with Crippen molar-refractivity contribution in [3.05, 3.63) is 23.8 Å². The second kappa shape index (κ2) is 14.1. The molecule has 3 unspecified atom stereocenters. The summed E-state index contributed by atoms with van der Waals surface area (Å²) in [5.74, 6) is -3.26. The lowest BCUT2D eigenvalue weighted by atomic mass is 9.79. The van der Waals surface area contributed by atoms with E-state index in [2.05, 4.69) is 0 Å². The van der Waals surface area contributed by atoms with E-state index in [0.29, 0.717) is 5.56 Å². The first-order valence-electron chi connectivity index (χ1n) is 11.5. The van der Waals surface area contributed by atoms with Crippen molar-refractivity contribution in [3.63, 3.8) is 0 Å². The Morgan fingerprint density at radius 2 is 1.36 bits per heavy atom. The minimum absolute atomic E-state index is 0.103. The van der Waals surface area contributed by atoms with Gasteiger partial charge in [0.05, 0.1) is 18.8 Å². The van der Waals surface area contributed by atoms with Gasteiger partial charge in [0.1, 0.15) is 12.1 Å². The third kappa shape index (κ3) is 9.61. The van der Waals surface area contributed by atoms with Crippen LogP contribution in [-0.2, 0) is 23.7 Å². The standard InChI is InChI=1S/C24H35NO11/c1-8-31-22(28)34-15(7)14(6)19(20(25)21(26)27)16-9-10-17(35-23(29)32-12(2)3)18(11-16)36-24(30)33-13(4)5/h9-15,19-20H,8,25H2,1-7H3,(H,26,27)/t14?,15?,19?,20-/m0/s1. The highest BCUT2D eigenvalue weighted by Gasteiger charge is 2.36. The molecule has 0 spiro atoms. The monoisotopic (exact) mass is 513 g/mol. The van der Waals surface area contributed by atoms with Gasteiger partial charge in [-0.25, -0.2) is 14.4 Å². The Hall–Kier alpha value is -3.54. The predicted octanol–water partition coefficient (Wildman–Crippen LogP) is 4.23. The molecule has 12 nitrogen and oxygen atoms in total. The summed E-state index contributed by atoms with van der Waals surface area (Å²) in [5.41, 5.74) is 6.32. The van der Waals surface area contributed by atoms with Gasteiger partial charge in [-0.15, -0.1) is 0 Å². The van der Waals surface area contributed by atoms with Crippen LogP contribution in [0.5, 0.6) is 11.5 Å². The SMILES string of the molecule is CCOC(=O)OC(C)C(C)C(c1ccc(OC(=O)OC(C)C)c(OC(=O)OC(C)C)c1)[C@H](N)C(=O)O. The van der Waals surface area contributed by atoms with Gasteiger partial charge in [-0.05, 0) is 59.2 Å². The van der Waals surface area contributed by atoms with Gasteiger partial charge in [-0.1, -0.05) is 13.0 Å². The molecule has 0 aliphatic rings. The minimum atomic E-state index is -1.43. The first-order chi connectivity index (χ1) is 16.8. The molecule has 0 radical (unpaired) electrons. The quantitative estimate of drug-likeness (QED) is 0.245.